The van der Waals surface area contributed by atoms with Crippen LogP contribution in [0, 0.1) is 0 Å². The van der Waals surface area contributed by atoms with E-state index in [0.717, 1.165) is 44.9 Å². The number of nitrogens with one attached hydrogen (secondary N) is 1. The van der Waals surface area contributed by atoms with Crippen molar-refractivity contribution < 1.29 is 24.5 Å². The van der Waals surface area contributed by atoms with Crippen molar-refractivity contribution in [3.8, 4) is 0 Å². The molecule has 76 heavy (non-hydrogen) atoms. The zero-order valence-corrected chi connectivity index (χ0v) is 51.8. The molecule has 0 aliphatic carbocycles. The van der Waals surface area contributed by atoms with E-state index in [4.69, 9.17) is 4.74 Å². The third-order valence-electron chi connectivity index (χ3n) is 16.6. The van der Waals surface area contributed by atoms with Crippen LogP contribution < -0.4 is 5.32 Å². The van der Waals surface area contributed by atoms with Crippen molar-refractivity contribution in [3.63, 3.8) is 0 Å². The van der Waals surface area contributed by atoms with Crippen LogP contribution in [0.1, 0.15) is 399 Å². The highest BCUT2D eigenvalue weighted by atomic mass is 16.5. The lowest BCUT2D eigenvalue weighted by atomic mass is 10.0. The number of hydrogen-bond acceptors (Lipinski definition) is 5. The van der Waals surface area contributed by atoms with Crippen molar-refractivity contribution >= 4 is 11.9 Å². The van der Waals surface area contributed by atoms with Gasteiger partial charge >= 0.3 is 5.97 Å². The lowest BCUT2D eigenvalue weighted by Gasteiger charge is -2.22. The number of aliphatic hydroxyl groups is 2. The van der Waals surface area contributed by atoms with Gasteiger partial charge in [-0.1, -0.05) is 353 Å². The van der Waals surface area contributed by atoms with Crippen LogP contribution in [0.3, 0.4) is 0 Å². The molecule has 2 atom stereocenters. The Balaban J connectivity index is 3.33. The Morgan fingerprint density at radius 2 is 0.632 bits per heavy atom. The third kappa shape index (κ3) is 61.8. The topological polar surface area (TPSA) is 95.9 Å². The number of carbonyl (C=O) groups excluding carboxylic acids is 2. The van der Waals surface area contributed by atoms with Gasteiger partial charge in [0.2, 0.25) is 5.91 Å². The van der Waals surface area contributed by atoms with Gasteiger partial charge in [-0.05, 0) is 44.9 Å². The van der Waals surface area contributed by atoms with Crippen molar-refractivity contribution in [1.29, 1.82) is 0 Å². The van der Waals surface area contributed by atoms with Crippen molar-refractivity contribution in [2.45, 2.75) is 411 Å². The second-order valence-electron chi connectivity index (χ2n) is 24.2. The van der Waals surface area contributed by atoms with Gasteiger partial charge in [-0.3, -0.25) is 9.59 Å². The Kier molecular flexibility index (Phi) is 64.9. The summed E-state index contributed by atoms with van der Waals surface area (Å²) in [4.78, 5) is 24.5. The van der Waals surface area contributed by atoms with Crippen molar-refractivity contribution in [2.24, 2.45) is 0 Å². The molecule has 0 aromatic carbocycles. The first-order valence-electron chi connectivity index (χ1n) is 34.9. The van der Waals surface area contributed by atoms with Gasteiger partial charge in [-0.2, -0.15) is 0 Å². The maximum atomic E-state index is 12.5. The average molecular weight is 1070 g/mol. The summed E-state index contributed by atoms with van der Waals surface area (Å²) in [5.74, 6) is -0.0171. The van der Waals surface area contributed by atoms with E-state index in [0.29, 0.717) is 25.9 Å². The van der Waals surface area contributed by atoms with E-state index < -0.39 is 12.1 Å². The van der Waals surface area contributed by atoms with Crippen molar-refractivity contribution in [3.05, 3.63) is 12.2 Å². The summed E-state index contributed by atoms with van der Waals surface area (Å²) in [6.45, 7) is 4.96. The number of ether oxygens (including phenoxy) is 1. The zero-order valence-electron chi connectivity index (χ0n) is 51.8. The molecule has 0 aliphatic rings. The fourth-order valence-electron chi connectivity index (χ4n) is 11.2. The molecule has 452 valence electrons. The van der Waals surface area contributed by atoms with Crippen molar-refractivity contribution in [1.82, 2.24) is 5.32 Å². The second-order valence-corrected chi connectivity index (χ2v) is 24.2. The maximum absolute atomic E-state index is 12.5. The first-order chi connectivity index (χ1) is 37.5. The second kappa shape index (κ2) is 66.1. The summed E-state index contributed by atoms with van der Waals surface area (Å²) in [6, 6.07) is -0.538. The highest BCUT2D eigenvalue weighted by Gasteiger charge is 2.20. The highest BCUT2D eigenvalue weighted by Crippen LogP contribution is 2.19. The van der Waals surface area contributed by atoms with Gasteiger partial charge in [0.25, 0.3) is 0 Å². The number of hydrogen-bond donors (Lipinski definition) is 3. The largest absolute Gasteiger partial charge is 0.466 e. The molecule has 0 bridgehead atoms. The first kappa shape index (κ1) is 74.6. The number of amides is 1. The standard InChI is InChI=1S/C70H137NO5/c1-3-5-7-9-11-13-15-16-17-18-33-36-39-43-46-50-54-58-62-68(73)67(66-72)71-69(74)63-59-55-51-47-44-40-37-34-31-29-27-25-23-21-19-20-22-24-26-28-30-32-35-38-41-45-49-53-57-61-65-76-70(75)64-60-56-52-48-42-14-12-10-8-6-4-2/h10,12,67-68,72-73H,3-9,11,13-66H2,1-2H3,(H,71,74)/b12-10-. The number of aliphatic hydroxyl groups excluding tert-OH is 2. The van der Waals surface area contributed by atoms with E-state index in [2.05, 4.69) is 31.3 Å². The molecule has 0 saturated carbocycles. The van der Waals surface area contributed by atoms with Gasteiger partial charge in [-0.25, -0.2) is 0 Å². The molecule has 0 aromatic rings. The molecule has 0 radical (unpaired) electrons. The molecule has 0 rings (SSSR count). The molecular weight excluding hydrogens is 935 g/mol. The SMILES string of the molecule is CCCC/C=C\CCCCCCCC(=O)OCCCCCCCCCCCCCCCCCCCCCCCCCCCCCCCCC(=O)NC(CO)C(O)CCCCCCCCCCCCCCCCCCCC. The lowest BCUT2D eigenvalue weighted by Crippen LogP contribution is -2.45. The minimum Gasteiger partial charge on any atom is -0.466 e. The highest BCUT2D eigenvalue weighted by molar-refractivity contribution is 5.76. The molecule has 0 aliphatic heterocycles. The van der Waals surface area contributed by atoms with Gasteiger partial charge in [0, 0.05) is 12.8 Å². The molecule has 6 heteroatoms. The van der Waals surface area contributed by atoms with Gasteiger partial charge in [0.1, 0.15) is 0 Å². The van der Waals surface area contributed by atoms with Crippen LogP contribution in [-0.2, 0) is 14.3 Å². The van der Waals surface area contributed by atoms with E-state index >= 15 is 0 Å². The predicted octanol–water partition coefficient (Wildman–Crippen LogP) is 22.4. The van der Waals surface area contributed by atoms with Crippen LogP contribution in [0.15, 0.2) is 12.2 Å². The monoisotopic (exact) mass is 1070 g/mol. The summed E-state index contributed by atoms with van der Waals surface area (Å²) in [7, 11) is 0. The van der Waals surface area contributed by atoms with Gasteiger partial charge in [-0.15, -0.1) is 0 Å². The fourth-order valence-corrected chi connectivity index (χ4v) is 11.2. The quantitative estimate of drug-likeness (QED) is 0.0320. The summed E-state index contributed by atoms with van der Waals surface area (Å²) in [5, 5.41) is 23.4. The summed E-state index contributed by atoms with van der Waals surface area (Å²) in [5.41, 5.74) is 0. The van der Waals surface area contributed by atoms with Gasteiger partial charge < -0.3 is 20.3 Å². The molecule has 0 fully saturated rings. The molecular formula is C70H137NO5. The van der Waals surface area contributed by atoms with E-state index in [1.807, 2.05) is 0 Å². The first-order valence-corrected chi connectivity index (χ1v) is 34.9. The number of unbranched alkanes of at least 4 members (excludes halogenated alkanes) is 53. The smallest absolute Gasteiger partial charge is 0.305 e. The Morgan fingerprint density at radius 1 is 0.355 bits per heavy atom. The number of esters is 1. The van der Waals surface area contributed by atoms with Crippen LogP contribution in [0.2, 0.25) is 0 Å². The van der Waals surface area contributed by atoms with Gasteiger partial charge in [0.15, 0.2) is 0 Å². The van der Waals surface area contributed by atoms with Crippen LogP contribution in [0.25, 0.3) is 0 Å². The Morgan fingerprint density at radius 3 is 0.974 bits per heavy atom. The molecule has 6 nitrogen and oxygen atoms in total. The fraction of sp³-hybridized carbons (Fsp3) is 0.943. The average Bonchev–Trinajstić information content (AvgIpc) is 3.42. The third-order valence-corrected chi connectivity index (χ3v) is 16.6. The summed E-state index contributed by atoms with van der Waals surface area (Å²) >= 11 is 0. The molecule has 0 spiro atoms. The summed E-state index contributed by atoms with van der Waals surface area (Å²) < 4.78 is 5.47. The predicted molar refractivity (Wildman–Crippen MR) is 333 cm³/mol. The minimum absolute atomic E-state index is 0.00973. The van der Waals surface area contributed by atoms with Gasteiger partial charge in [0.05, 0.1) is 25.4 Å². The zero-order chi connectivity index (χ0) is 55.0. The molecule has 3 N–H and O–H groups in total. The van der Waals surface area contributed by atoms with Crippen LogP contribution >= 0.6 is 0 Å². The van der Waals surface area contributed by atoms with Crippen LogP contribution in [-0.4, -0.2) is 47.4 Å². The Hall–Kier alpha value is -1.40. The van der Waals surface area contributed by atoms with Crippen molar-refractivity contribution in [2.75, 3.05) is 13.2 Å². The van der Waals surface area contributed by atoms with Crippen LogP contribution in [0.5, 0.6) is 0 Å². The van der Waals surface area contributed by atoms with E-state index in [-0.39, 0.29) is 18.5 Å². The molecule has 1 amide bonds. The lowest BCUT2D eigenvalue weighted by molar-refractivity contribution is -0.143. The maximum Gasteiger partial charge on any atom is 0.305 e. The number of allylic oxidation sites excluding steroid dienone is 2. The Labute approximate surface area is 476 Å². The van der Waals surface area contributed by atoms with E-state index in [9.17, 15) is 19.8 Å². The number of carbonyl (C=O) groups is 2. The summed E-state index contributed by atoms with van der Waals surface area (Å²) in [6.07, 6.45) is 81.2. The number of rotatable bonds is 66. The molecule has 2 unspecified atom stereocenters. The van der Waals surface area contributed by atoms with Crippen LogP contribution in [0.4, 0.5) is 0 Å². The van der Waals surface area contributed by atoms with E-state index in [1.54, 1.807) is 0 Å². The normalized spacial score (nSPS) is 12.5. The van der Waals surface area contributed by atoms with E-state index in [1.165, 1.54) is 321 Å². The molecule has 0 heterocycles. The molecule has 0 saturated heterocycles. The minimum atomic E-state index is -0.661. The Bertz CT molecular complexity index is 1140. The molecule has 0 aromatic heterocycles.